The van der Waals surface area contributed by atoms with Crippen molar-refractivity contribution < 1.29 is 9.59 Å². The second-order valence-corrected chi connectivity index (χ2v) is 6.04. The first-order valence-corrected chi connectivity index (χ1v) is 7.88. The summed E-state index contributed by atoms with van der Waals surface area (Å²) in [6.07, 6.45) is 3.92. The Labute approximate surface area is 136 Å². The lowest BCUT2D eigenvalue weighted by Gasteiger charge is -2.36. The summed E-state index contributed by atoms with van der Waals surface area (Å²) in [6, 6.07) is 11.6. The Bertz CT molecular complexity index is 690. The quantitative estimate of drug-likeness (QED) is 0.872. The summed E-state index contributed by atoms with van der Waals surface area (Å²) in [6.45, 7) is 5.34. The van der Waals surface area contributed by atoms with Gasteiger partial charge in [-0.05, 0) is 50.2 Å². The fourth-order valence-corrected chi connectivity index (χ4v) is 2.87. The van der Waals surface area contributed by atoms with E-state index in [2.05, 4.69) is 0 Å². The topological polar surface area (TPSA) is 45.5 Å². The van der Waals surface area contributed by atoms with Crippen molar-refractivity contribution in [3.05, 3.63) is 54.4 Å². The standard InChI is InChI=1S/C18H21N3O2/c1-14(2)21-12-11-20(13-17(21)22)18(23)15-5-7-16(8-6-15)19-9-3-4-10-19/h3-10,14H,11-13H2,1-2H3. The summed E-state index contributed by atoms with van der Waals surface area (Å²) in [5.41, 5.74) is 1.62. The molecule has 0 N–H and O–H groups in total. The van der Waals surface area contributed by atoms with E-state index >= 15 is 0 Å². The molecule has 1 fully saturated rings. The Kier molecular flexibility index (Phi) is 4.19. The summed E-state index contributed by atoms with van der Waals surface area (Å²) >= 11 is 0. The highest BCUT2D eigenvalue weighted by Crippen LogP contribution is 2.14. The third kappa shape index (κ3) is 3.13. The lowest BCUT2D eigenvalue weighted by molar-refractivity contribution is -0.136. The van der Waals surface area contributed by atoms with Gasteiger partial charge in [-0.1, -0.05) is 0 Å². The van der Waals surface area contributed by atoms with Gasteiger partial charge in [0.25, 0.3) is 5.91 Å². The van der Waals surface area contributed by atoms with Crippen molar-refractivity contribution in [2.75, 3.05) is 19.6 Å². The summed E-state index contributed by atoms with van der Waals surface area (Å²) < 4.78 is 1.99. The molecule has 0 bridgehead atoms. The zero-order chi connectivity index (χ0) is 16.4. The molecule has 5 nitrogen and oxygen atoms in total. The van der Waals surface area contributed by atoms with Crippen LogP contribution in [0.4, 0.5) is 0 Å². The van der Waals surface area contributed by atoms with Gasteiger partial charge in [-0.3, -0.25) is 9.59 Å². The Hall–Kier alpha value is -2.56. The van der Waals surface area contributed by atoms with E-state index in [4.69, 9.17) is 0 Å². The number of amides is 2. The third-order valence-electron chi connectivity index (χ3n) is 4.18. The summed E-state index contributed by atoms with van der Waals surface area (Å²) in [4.78, 5) is 28.1. The molecule has 1 aliphatic heterocycles. The molecule has 3 rings (SSSR count). The normalized spacial score (nSPS) is 15.3. The number of benzene rings is 1. The monoisotopic (exact) mass is 311 g/mol. The number of hydrogen-bond acceptors (Lipinski definition) is 2. The highest BCUT2D eigenvalue weighted by atomic mass is 16.2. The highest BCUT2D eigenvalue weighted by Gasteiger charge is 2.28. The number of hydrogen-bond donors (Lipinski definition) is 0. The van der Waals surface area contributed by atoms with Gasteiger partial charge in [-0.25, -0.2) is 0 Å². The lowest BCUT2D eigenvalue weighted by Crippen LogP contribution is -2.54. The molecule has 0 radical (unpaired) electrons. The molecule has 120 valence electrons. The molecule has 2 amide bonds. The van der Waals surface area contributed by atoms with Crippen molar-refractivity contribution in [1.29, 1.82) is 0 Å². The summed E-state index contributed by atoms with van der Waals surface area (Å²) in [7, 11) is 0. The molecule has 0 aliphatic carbocycles. The molecule has 1 aromatic heterocycles. The Morgan fingerprint density at radius 3 is 2.26 bits per heavy atom. The maximum atomic E-state index is 12.6. The van der Waals surface area contributed by atoms with Crippen molar-refractivity contribution in [1.82, 2.24) is 14.4 Å². The number of nitrogens with zero attached hydrogens (tertiary/aromatic N) is 3. The van der Waals surface area contributed by atoms with Crippen LogP contribution in [0.5, 0.6) is 0 Å². The van der Waals surface area contributed by atoms with Crippen molar-refractivity contribution in [2.24, 2.45) is 0 Å². The Morgan fingerprint density at radius 2 is 1.70 bits per heavy atom. The largest absolute Gasteiger partial charge is 0.337 e. The highest BCUT2D eigenvalue weighted by molar-refractivity contribution is 5.97. The average Bonchev–Trinajstić information content (AvgIpc) is 3.08. The SMILES string of the molecule is CC(C)N1CCN(C(=O)c2ccc(-n3cccc3)cc2)CC1=O. The van der Waals surface area contributed by atoms with Gasteiger partial charge in [-0.2, -0.15) is 0 Å². The minimum Gasteiger partial charge on any atom is -0.337 e. The summed E-state index contributed by atoms with van der Waals surface area (Å²) in [5.74, 6) is -0.0654. The second-order valence-electron chi connectivity index (χ2n) is 6.04. The molecule has 0 spiro atoms. The fraction of sp³-hybridized carbons (Fsp3) is 0.333. The lowest BCUT2D eigenvalue weighted by atomic mass is 10.1. The smallest absolute Gasteiger partial charge is 0.254 e. The summed E-state index contributed by atoms with van der Waals surface area (Å²) in [5, 5.41) is 0. The molecular formula is C18H21N3O2. The molecule has 0 saturated carbocycles. The molecule has 2 aromatic rings. The maximum Gasteiger partial charge on any atom is 0.254 e. The number of piperazine rings is 1. The van der Waals surface area contributed by atoms with Crippen molar-refractivity contribution in [3.8, 4) is 5.69 Å². The molecule has 5 heteroatoms. The average molecular weight is 311 g/mol. The van der Waals surface area contributed by atoms with Gasteiger partial charge in [0, 0.05) is 42.8 Å². The molecule has 2 heterocycles. The van der Waals surface area contributed by atoms with Crippen LogP contribution in [0, 0.1) is 0 Å². The number of aromatic nitrogens is 1. The van der Waals surface area contributed by atoms with E-state index in [1.54, 1.807) is 4.90 Å². The fourth-order valence-electron chi connectivity index (χ4n) is 2.87. The van der Waals surface area contributed by atoms with Gasteiger partial charge in [-0.15, -0.1) is 0 Å². The van der Waals surface area contributed by atoms with Crippen LogP contribution >= 0.6 is 0 Å². The van der Waals surface area contributed by atoms with E-state index in [-0.39, 0.29) is 24.4 Å². The van der Waals surface area contributed by atoms with Crippen LogP contribution in [0.25, 0.3) is 5.69 Å². The van der Waals surface area contributed by atoms with Gasteiger partial charge in [0.05, 0.1) is 0 Å². The molecule has 1 aliphatic rings. The van der Waals surface area contributed by atoms with Crippen LogP contribution in [-0.4, -0.2) is 51.9 Å². The number of rotatable bonds is 3. The van der Waals surface area contributed by atoms with E-state index in [1.807, 2.05) is 72.1 Å². The molecule has 23 heavy (non-hydrogen) atoms. The molecular weight excluding hydrogens is 290 g/mol. The first-order chi connectivity index (χ1) is 11.1. The zero-order valence-electron chi connectivity index (χ0n) is 13.5. The Balaban J connectivity index is 1.70. The predicted octanol–water partition coefficient (Wildman–Crippen LogP) is 2.17. The number of carbonyl (C=O) groups is 2. The van der Waals surface area contributed by atoms with E-state index in [1.165, 1.54) is 0 Å². The van der Waals surface area contributed by atoms with Crippen molar-refractivity contribution in [3.63, 3.8) is 0 Å². The van der Waals surface area contributed by atoms with Crippen LogP contribution in [0.3, 0.4) is 0 Å². The maximum absolute atomic E-state index is 12.6. The zero-order valence-corrected chi connectivity index (χ0v) is 13.5. The number of carbonyl (C=O) groups excluding carboxylic acids is 2. The predicted molar refractivity (Wildman–Crippen MR) is 88.5 cm³/mol. The van der Waals surface area contributed by atoms with Crippen LogP contribution in [0.1, 0.15) is 24.2 Å². The Morgan fingerprint density at radius 1 is 1.04 bits per heavy atom. The second kappa shape index (κ2) is 6.28. The van der Waals surface area contributed by atoms with Gasteiger partial charge in [0.1, 0.15) is 6.54 Å². The van der Waals surface area contributed by atoms with Crippen molar-refractivity contribution in [2.45, 2.75) is 19.9 Å². The minimum absolute atomic E-state index is 0.0172. The first-order valence-electron chi connectivity index (χ1n) is 7.88. The van der Waals surface area contributed by atoms with Crippen LogP contribution in [0.15, 0.2) is 48.8 Å². The third-order valence-corrected chi connectivity index (χ3v) is 4.18. The van der Waals surface area contributed by atoms with E-state index in [0.717, 1.165) is 5.69 Å². The van der Waals surface area contributed by atoms with E-state index in [0.29, 0.717) is 18.7 Å². The molecule has 0 unspecified atom stereocenters. The van der Waals surface area contributed by atoms with Crippen molar-refractivity contribution >= 4 is 11.8 Å². The van der Waals surface area contributed by atoms with E-state index < -0.39 is 0 Å². The van der Waals surface area contributed by atoms with Crippen LogP contribution < -0.4 is 0 Å². The van der Waals surface area contributed by atoms with E-state index in [9.17, 15) is 9.59 Å². The van der Waals surface area contributed by atoms with Crippen LogP contribution in [-0.2, 0) is 4.79 Å². The van der Waals surface area contributed by atoms with Gasteiger partial charge in [0.2, 0.25) is 5.91 Å². The minimum atomic E-state index is -0.0826. The molecule has 0 atom stereocenters. The molecule has 1 saturated heterocycles. The van der Waals surface area contributed by atoms with Gasteiger partial charge >= 0.3 is 0 Å². The molecule has 1 aromatic carbocycles. The van der Waals surface area contributed by atoms with Crippen LogP contribution in [0.2, 0.25) is 0 Å². The van der Waals surface area contributed by atoms with Gasteiger partial charge < -0.3 is 14.4 Å². The van der Waals surface area contributed by atoms with Gasteiger partial charge in [0.15, 0.2) is 0 Å². The first kappa shape index (κ1) is 15.3.